The molecular weight excluding hydrogens is 240 g/mol. The summed E-state index contributed by atoms with van der Waals surface area (Å²) in [7, 11) is 0. The maximum Gasteiger partial charge on any atom is 0.299 e. The number of para-hydroxylation sites is 1. The molecule has 0 bridgehead atoms. The average molecular weight is 258 g/mol. The number of nitrogens with one attached hydrogen (secondary N) is 1. The highest BCUT2D eigenvalue weighted by atomic mass is 16.2. The summed E-state index contributed by atoms with van der Waals surface area (Å²) in [4.78, 5) is 26.2. The van der Waals surface area contributed by atoms with Crippen molar-refractivity contribution in [2.24, 2.45) is 0 Å². The summed E-state index contributed by atoms with van der Waals surface area (Å²) < 4.78 is 0. The average Bonchev–Trinajstić information content (AvgIpc) is 2.72. The van der Waals surface area contributed by atoms with Crippen molar-refractivity contribution in [3.8, 4) is 0 Å². The molecular formula is C15H18N2O2. The third kappa shape index (κ3) is 1.87. The van der Waals surface area contributed by atoms with Crippen LogP contribution in [0, 0.1) is 0 Å². The number of ketones is 1. The Morgan fingerprint density at radius 3 is 2.68 bits per heavy atom. The summed E-state index contributed by atoms with van der Waals surface area (Å²) in [6.07, 6.45) is 2.66. The summed E-state index contributed by atoms with van der Waals surface area (Å²) in [5.41, 5.74) is 2.55. The van der Waals surface area contributed by atoms with E-state index in [1.54, 1.807) is 11.0 Å². The number of hydrogen-bond acceptors (Lipinski definition) is 3. The van der Waals surface area contributed by atoms with Gasteiger partial charge in [0.1, 0.15) is 0 Å². The fourth-order valence-corrected chi connectivity index (χ4v) is 3.08. The Labute approximate surface area is 112 Å². The molecule has 1 fully saturated rings. The largest absolute Gasteiger partial charge is 0.317 e. The zero-order valence-electron chi connectivity index (χ0n) is 11.1. The minimum Gasteiger partial charge on any atom is -0.317 e. The summed E-state index contributed by atoms with van der Waals surface area (Å²) in [6.45, 7) is 3.88. The van der Waals surface area contributed by atoms with Crippen LogP contribution >= 0.6 is 0 Å². The molecule has 0 radical (unpaired) electrons. The molecule has 0 atom stereocenters. The lowest BCUT2D eigenvalue weighted by Gasteiger charge is -2.32. The molecule has 19 heavy (non-hydrogen) atoms. The van der Waals surface area contributed by atoms with E-state index in [2.05, 4.69) is 12.2 Å². The van der Waals surface area contributed by atoms with Crippen molar-refractivity contribution in [3.63, 3.8) is 0 Å². The summed E-state index contributed by atoms with van der Waals surface area (Å²) in [5.74, 6) is -0.688. The van der Waals surface area contributed by atoms with Crippen molar-refractivity contribution in [1.82, 2.24) is 5.32 Å². The third-order valence-corrected chi connectivity index (χ3v) is 4.07. The van der Waals surface area contributed by atoms with E-state index in [-0.39, 0.29) is 17.7 Å². The standard InChI is InChI=1S/C15H18N2O2/c1-2-10-4-3-5-12-13(10)17(15(19)14(12)18)11-6-8-16-9-7-11/h3-5,11,16H,2,6-9H2,1H3. The molecule has 2 aliphatic heterocycles. The Morgan fingerprint density at radius 2 is 2.00 bits per heavy atom. The number of amides is 1. The molecule has 0 aromatic heterocycles. The van der Waals surface area contributed by atoms with Gasteiger partial charge in [-0.2, -0.15) is 0 Å². The van der Waals surface area contributed by atoms with Crippen molar-refractivity contribution in [1.29, 1.82) is 0 Å². The second-order valence-corrected chi connectivity index (χ2v) is 5.15. The van der Waals surface area contributed by atoms with Crippen LogP contribution in [0.25, 0.3) is 0 Å². The molecule has 2 aliphatic rings. The van der Waals surface area contributed by atoms with E-state index in [9.17, 15) is 9.59 Å². The number of nitrogens with zero attached hydrogens (tertiary/aromatic N) is 1. The van der Waals surface area contributed by atoms with Crippen LogP contribution < -0.4 is 10.2 Å². The first-order chi connectivity index (χ1) is 9.24. The summed E-state index contributed by atoms with van der Waals surface area (Å²) >= 11 is 0. The van der Waals surface area contributed by atoms with Crippen LogP contribution in [0.1, 0.15) is 35.7 Å². The highest BCUT2D eigenvalue weighted by Crippen LogP contribution is 2.36. The van der Waals surface area contributed by atoms with Crippen molar-refractivity contribution >= 4 is 17.4 Å². The molecule has 3 rings (SSSR count). The molecule has 0 spiro atoms. The van der Waals surface area contributed by atoms with Crippen LogP contribution in [0.5, 0.6) is 0 Å². The van der Waals surface area contributed by atoms with Gasteiger partial charge in [-0.3, -0.25) is 9.59 Å². The van der Waals surface area contributed by atoms with Gasteiger partial charge in [0, 0.05) is 6.04 Å². The molecule has 1 N–H and O–H groups in total. The molecule has 1 amide bonds. The second-order valence-electron chi connectivity index (χ2n) is 5.15. The van der Waals surface area contributed by atoms with Crippen molar-refractivity contribution in [2.45, 2.75) is 32.2 Å². The van der Waals surface area contributed by atoms with Crippen LogP contribution in [0.4, 0.5) is 5.69 Å². The molecule has 1 aromatic carbocycles. The lowest BCUT2D eigenvalue weighted by molar-refractivity contribution is -0.114. The SMILES string of the molecule is CCc1cccc2c1N(C1CCNCC1)C(=O)C2=O. The number of rotatable bonds is 2. The zero-order chi connectivity index (χ0) is 13.4. The zero-order valence-corrected chi connectivity index (χ0v) is 11.1. The lowest BCUT2D eigenvalue weighted by Crippen LogP contribution is -2.46. The van der Waals surface area contributed by atoms with Crippen LogP contribution in [-0.4, -0.2) is 30.8 Å². The summed E-state index contributed by atoms with van der Waals surface area (Å²) in [6, 6.07) is 5.82. The third-order valence-electron chi connectivity index (χ3n) is 4.07. The van der Waals surface area contributed by atoms with E-state index in [4.69, 9.17) is 0 Å². The number of carbonyl (C=O) groups excluding carboxylic acids is 2. The Morgan fingerprint density at radius 1 is 1.26 bits per heavy atom. The van der Waals surface area contributed by atoms with Gasteiger partial charge >= 0.3 is 0 Å². The van der Waals surface area contributed by atoms with E-state index in [1.165, 1.54) is 0 Å². The molecule has 1 aromatic rings. The van der Waals surface area contributed by atoms with Crippen LogP contribution in [-0.2, 0) is 11.2 Å². The number of piperidine rings is 1. The molecule has 2 heterocycles. The van der Waals surface area contributed by atoms with Crippen molar-refractivity contribution < 1.29 is 9.59 Å². The van der Waals surface area contributed by atoms with Crippen LogP contribution in [0.15, 0.2) is 18.2 Å². The smallest absolute Gasteiger partial charge is 0.299 e. The quantitative estimate of drug-likeness (QED) is 0.818. The van der Waals surface area contributed by atoms with Gasteiger partial charge in [-0.05, 0) is 44.0 Å². The monoisotopic (exact) mass is 258 g/mol. The van der Waals surface area contributed by atoms with E-state index in [0.29, 0.717) is 5.56 Å². The van der Waals surface area contributed by atoms with Crippen molar-refractivity contribution in [3.05, 3.63) is 29.3 Å². The number of hydrogen-bond donors (Lipinski definition) is 1. The van der Waals surface area contributed by atoms with E-state index < -0.39 is 0 Å². The molecule has 0 unspecified atom stereocenters. The predicted molar refractivity (Wildman–Crippen MR) is 73.5 cm³/mol. The van der Waals surface area contributed by atoms with Gasteiger partial charge in [-0.1, -0.05) is 19.1 Å². The number of Topliss-reactive ketones (excluding diaryl/α,β-unsaturated/α-hetero) is 1. The molecule has 4 nitrogen and oxygen atoms in total. The summed E-state index contributed by atoms with van der Waals surface area (Å²) in [5, 5.41) is 3.29. The Balaban J connectivity index is 2.07. The van der Waals surface area contributed by atoms with Gasteiger partial charge < -0.3 is 10.2 Å². The normalized spacial score (nSPS) is 19.9. The van der Waals surface area contributed by atoms with Gasteiger partial charge in [-0.25, -0.2) is 0 Å². The van der Waals surface area contributed by atoms with Gasteiger partial charge in [0.15, 0.2) is 0 Å². The first-order valence-corrected chi connectivity index (χ1v) is 6.94. The fourth-order valence-electron chi connectivity index (χ4n) is 3.08. The van der Waals surface area contributed by atoms with Crippen LogP contribution in [0.3, 0.4) is 0 Å². The van der Waals surface area contributed by atoms with Crippen LogP contribution in [0.2, 0.25) is 0 Å². The van der Waals surface area contributed by atoms with E-state index in [1.807, 2.05) is 12.1 Å². The highest BCUT2D eigenvalue weighted by Gasteiger charge is 2.41. The van der Waals surface area contributed by atoms with Gasteiger partial charge in [-0.15, -0.1) is 0 Å². The van der Waals surface area contributed by atoms with Crippen molar-refractivity contribution in [2.75, 3.05) is 18.0 Å². The first kappa shape index (κ1) is 12.4. The first-order valence-electron chi connectivity index (χ1n) is 6.94. The number of fused-ring (bicyclic) bond motifs is 1. The maximum atomic E-state index is 12.3. The molecule has 100 valence electrons. The fraction of sp³-hybridized carbons (Fsp3) is 0.467. The second kappa shape index (κ2) is 4.78. The Hall–Kier alpha value is -1.68. The number of benzene rings is 1. The van der Waals surface area contributed by atoms with Gasteiger partial charge in [0.25, 0.3) is 11.7 Å². The molecule has 1 saturated heterocycles. The topological polar surface area (TPSA) is 49.4 Å². The Kier molecular flexibility index (Phi) is 3.11. The van der Waals surface area contributed by atoms with Gasteiger partial charge in [0.2, 0.25) is 0 Å². The molecule has 4 heteroatoms. The van der Waals surface area contributed by atoms with E-state index >= 15 is 0 Å². The molecule has 0 saturated carbocycles. The minimum atomic E-state index is -0.345. The molecule has 0 aliphatic carbocycles. The number of carbonyl (C=O) groups is 2. The number of anilines is 1. The van der Waals surface area contributed by atoms with Gasteiger partial charge in [0.05, 0.1) is 11.3 Å². The highest BCUT2D eigenvalue weighted by molar-refractivity contribution is 6.52. The maximum absolute atomic E-state index is 12.3. The predicted octanol–water partition coefficient (Wildman–Crippen LogP) is 1.53. The van der Waals surface area contributed by atoms with E-state index in [0.717, 1.165) is 43.6 Å². The Bertz CT molecular complexity index is 533. The number of aryl methyl sites for hydroxylation is 1. The minimum absolute atomic E-state index is 0.159. The lowest BCUT2D eigenvalue weighted by atomic mass is 10.0.